The molecule has 0 amide bonds. The Morgan fingerprint density at radius 3 is 2.44 bits per heavy atom. The number of nitrogens with one attached hydrogen (secondary N) is 2. The van der Waals surface area contributed by atoms with Gasteiger partial charge in [-0.1, -0.05) is 58.3 Å². The summed E-state index contributed by atoms with van der Waals surface area (Å²) in [5.41, 5.74) is 3.03. The molecule has 4 rings (SSSR count). The van der Waals surface area contributed by atoms with E-state index in [1.165, 1.54) is 75.6 Å². The Labute approximate surface area is 211 Å². The third-order valence-electron chi connectivity index (χ3n) is 6.68. The number of aromatic nitrogens is 2. The van der Waals surface area contributed by atoms with Gasteiger partial charge in [-0.15, -0.1) is 0 Å². The number of H-pyrrole nitrogens is 2. The molecule has 7 nitrogen and oxygen atoms in total. The lowest BCUT2D eigenvalue weighted by atomic mass is 10.1. The molecule has 190 valence electrons. The zero-order valence-electron chi connectivity index (χ0n) is 21.3. The molecule has 1 aliphatic rings. The van der Waals surface area contributed by atoms with Gasteiger partial charge in [0.25, 0.3) is 5.69 Å². The Balaban J connectivity index is 1.41. The summed E-state index contributed by atoms with van der Waals surface area (Å²) in [5.74, 6) is 0.720. The first kappa shape index (κ1) is 25.5. The van der Waals surface area contributed by atoms with Gasteiger partial charge in [0, 0.05) is 34.8 Å². The number of unbranched alkanes of at least 4 members (excludes halogenated alkanes) is 8. The largest absolute Gasteiger partial charge is 0.494 e. The molecule has 0 saturated heterocycles. The highest BCUT2D eigenvalue weighted by Gasteiger charge is 2.10. The number of fused-ring (bicyclic) bond motifs is 1. The zero-order chi connectivity index (χ0) is 25.3. The van der Waals surface area contributed by atoms with E-state index in [9.17, 15) is 10.1 Å². The van der Waals surface area contributed by atoms with E-state index in [1.807, 2.05) is 18.2 Å². The van der Waals surface area contributed by atoms with Gasteiger partial charge in [0.15, 0.2) is 0 Å². The summed E-state index contributed by atoms with van der Waals surface area (Å²) in [7, 11) is 1.65. The first-order valence-corrected chi connectivity index (χ1v) is 13.1. The minimum Gasteiger partial charge on any atom is -0.494 e. The molecule has 36 heavy (non-hydrogen) atoms. The van der Waals surface area contributed by atoms with Crippen LogP contribution in [0, 0.1) is 10.1 Å². The van der Waals surface area contributed by atoms with Crippen molar-refractivity contribution in [3.8, 4) is 5.75 Å². The fraction of sp³-hybridized carbons (Fsp3) is 0.414. The van der Waals surface area contributed by atoms with E-state index in [0.29, 0.717) is 5.36 Å². The number of nitro groups is 1. The minimum atomic E-state index is -0.404. The number of non-ortho nitro benzene ring substituents is 1. The van der Waals surface area contributed by atoms with Crippen LogP contribution < -0.4 is 26.0 Å². The maximum atomic E-state index is 11.1. The van der Waals surface area contributed by atoms with E-state index >= 15 is 0 Å². The Morgan fingerprint density at radius 1 is 0.972 bits per heavy atom. The number of nitro benzene ring substituents is 1. The average molecular weight is 489 g/mol. The number of hydrogen-bond donors (Lipinski definition) is 2. The van der Waals surface area contributed by atoms with Crippen LogP contribution in [0.2, 0.25) is 0 Å². The third kappa shape index (κ3) is 6.53. The molecule has 0 saturated carbocycles. The summed E-state index contributed by atoms with van der Waals surface area (Å²) in [6.07, 6.45) is 17.0. The van der Waals surface area contributed by atoms with Crippen LogP contribution in [0.15, 0.2) is 41.4 Å². The first-order valence-electron chi connectivity index (χ1n) is 13.1. The SMILES string of the molecule is CCCCCCCCCCCc1ccc(C=c2[nH]c(=C3C=c4ccc([N+](=O)[O-])cc4=N3)cc2OC)[nH]1. The lowest BCUT2D eigenvalue weighted by Crippen LogP contribution is -2.20. The second-order valence-electron chi connectivity index (χ2n) is 9.47. The number of rotatable bonds is 13. The number of nitrogens with zero attached hydrogens (tertiary/aromatic N) is 2. The number of aryl methyl sites for hydroxylation is 1. The topological polar surface area (TPSA) is 96.3 Å². The lowest BCUT2D eigenvalue weighted by Gasteiger charge is -2.01. The van der Waals surface area contributed by atoms with Gasteiger partial charge in [-0.25, -0.2) is 4.99 Å². The van der Waals surface area contributed by atoms with Crippen molar-refractivity contribution >= 4 is 23.5 Å². The number of methoxy groups -OCH3 is 1. The van der Waals surface area contributed by atoms with Crippen molar-refractivity contribution in [2.75, 3.05) is 7.11 Å². The van der Waals surface area contributed by atoms with E-state index in [4.69, 9.17) is 4.74 Å². The normalized spacial score (nSPS) is 14.4. The summed E-state index contributed by atoms with van der Waals surface area (Å²) < 4.78 is 5.59. The van der Waals surface area contributed by atoms with Crippen LogP contribution in [-0.4, -0.2) is 22.0 Å². The lowest BCUT2D eigenvalue weighted by molar-refractivity contribution is -0.385. The predicted octanol–water partition coefficient (Wildman–Crippen LogP) is 4.38. The number of ether oxygens (including phenoxy) is 1. The maximum absolute atomic E-state index is 11.1. The molecule has 0 aliphatic carbocycles. The van der Waals surface area contributed by atoms with Crippen LogP contribution in [-0.2, 0) is 6.42 Å². The fourth-order valence-corrected chi connectivity index (χ4v) is 4.65. The van der Waals surface area contributed by atoms with E-state index < -0.39 is 4.92 Å². The second kappa shape index (κ2) is 12.4. The summed E-state index contributed by atoms with van der Waals surface area (Å²) >= 11 is 0. The first-order chi connectivity index (χ1) is 17.6. The van der Waals surface area contributed by atoms with Crippen molar-refractivity contribution in [3.05, 3.63) is 79.2 Å². The molecule has 0 bridgehead atoms. The standard InChI is InChI=1S/C29H36N4O3/c1-3-4-5-6-7-8-9-10-11-12-22-14-15-23(30-22)18-28-29(36-2)20-27(32-28)26-17-21-13-16-24(33(34)35)19-25(21)31-26/h13-20,30,32H,3-12H2,1-2H3. The number of hydrogen-bond acceptors (Lipinski definition) is 4. The number of benzene rings is 1. The summed E-state index contributed by atoms with van der Waals surface area (Å²) in [5, 5.41) is 14.2. The quantitative estimate of drug-likeness (QED) is 0.212. The van der Waals surface area contributed by atoms with Crippen LogP contribution in [0.5, 0.6) is 5.75 Å². The third-order valence-corrected chi connectivity index (χ3v) is 6.68. The average Bonchev–Trinajstić information content (AvgIpc) is 3.60. The highest BCUT2D eigenvalue weighted by molar-refractivity contribution is 5.77. The molecule has 3 aromatic rings. The van der Waals surface area contributed by atoms with E-state index in [2.05, 4.69) is 34.0 Å². The molecule has 0 unspecified atom stereocenters. The molecule has 0 spiro atoms. The van der Waals surface area contributed by atoms with Gasteiger partial charge in [-0.05, 0) is 43.2 Å². The van der Waals surface area contributed by atoms with E-state index in [-0.39, 0.29) is 5.69 Å². The van der Waals surface area contributed by atoms with Gasteiger partial charge < -0.3 is 14.7 Å². The second-order valence-corrected chi connectivity index (χ2v) is 9.47. The van der Waals surface area contributed by atoms with Crippen molar-refractivity contribution in [2.45, 2.75) is 71.1 Å². The molecule has 0 fully saturated rings. The fourth-order valence-electron chi connectivity index (χ4n) is 4.65. The number of aromatic amines is 2. The summed E-state index contributed by atoms with van der Waals surface area (Å²) in [6.45, 7) is 2.26. The Morgan fingerprint density at radius 2 is 1.72 bits per heavy atom. The Kier molecular flexibility index (Phi) is 8.76. The van der Waals surface area contributed by atoms with Gasteiger partial charge in [-0.2, -0.15) is 0 Å². The van der Waals surface area contributed by atoms with E-state index in [0.717, 1.165) is 39.5 Å². The molecule has 3 heterocycles. The summed E-state index contributed by atoms with van der Waals surface area (Å²) in [4.78, 5) is 22.2. The molecular formula is C29H36N4O3. The van der Waals surface area contributed by atoms with Gasteiger partial charge in [0.05, 0.1) is 33.8 Å². The van der Waals surface area contributed by atoms with E-state index in [1.54, 1.807) is 13.2 Å². The van der Waals surface area contributed by atoms with Crippen LogP contribution in [0.25, 0.3) is 17.8 Å². The maximum Gasteiger partial charge on any atom is 0.271 e. The van der Waals surface area contributed by atoms with Gasteiger partial charge >= 0.3 is 0 Å². The van der Waals surface area contributed by atoms with Crippen LogP contribution in [0.3, 0.4) is 0 Å². The molecule has 0 radical (unpaired) electrons. The monoisotopic (exact) mass is 488 g/mol. The minimum absolute atomic E-state index is 0.0372. The molecule has 2 N–H and O–H groups in total. The molecule has 0 atom stereocenters. The predicted molar refractivity (Wildman–Crippen MR) is 144 cm³/mol. The van der Waals surface area contributed by atoms with Crippen LogP contribution >= 0.6 is 0 Å². The van der Waals surface area contributed by atoms with Gasteiger partial charge in [0.2, 0.25) is 0 Å². The van der Waals surface area contributed by atoms with Crippen molar-refractivity contribution in [1.82, 2.24) is 9.97 Å². The van der Waals surface area contributed by atoms with Gasteiger partial charge in [-0.3, -0.25) is 10.1 Å². The molecule has 1 aliphatic heterocycles. The molecular weight excluding hydrogens is 452 g/mol. The van der Waals surface area contributed by atoms with Gasteiger partial charge in [0.1, 0.15) is 5.75 Å². The Bertz CT molecular complexity index is 1430. The van der Waals surface area contributed by atoms with Crippen molar-refractivity contribution in [2.24, 2.45) is 4.99 Å². The molecule has 7 heteroatoms. The zero-order valence-corrected chi connectivity index (χ0v) is 21.3. The van der Waals surface area contributed by atoms with Crippen molar-refractivity contribution < 1.29 is 9.66 Å². The van der Waals surface area contributed by atoms with Crippen LogP contribution in [0.1, 0.15) is 76.1 Å². The van der Waals surface area contributed by atoms with Crippen LogP contribution in [0.4, 0.5) is 5.69 Å². The molecule has 1 aromatic carbocycles. The smallest absolute Gasteiger partial charge is 0.271 e. The highest BCUT2D eigenvalue weighted by atomic mass is 16.6. The van der Waals surface area contributed by atoms with Crippen molar-refractivity contribution in [3.63, 3.8) is 0 Å². The van der Waals surface area contributed by atoms with Crippen molar-refractivity contribution in [1.29, 1.82) is 0 Å². The molecule has 2 aromatic heterocycles. The Hall–Kier alpha value is -3.61. The highest BCUT2D eigenvalue weighted by Crippen LogP contribution is 2.13. The summed E-state index contributed by atoms with van der Waals surface area (Å²) in [6, 6.07) is 10.9.